The van der Waals surface area contributed by atoms with Gasteiger partial charge in [-0.15, -0.1) is 0 Å². The topological polar surface area (TPSA) is 53.2 Å². The smallest absolute Gasteiger partial charge is 0.251 e. The van der Waals surface area contributed by atoms with Gasteiger partial charge >= 0.3 is 0 Å². The van der Waals surface area contributed by atoms with Gasteiger partial charge in [0, 0.05) is 30.6 Å². The van der Waals surface area contributed by atoms with Crippen molar-refractivity contribution in [2.45, 2.75) is 46.5 Å². The molecule has 4 nitrogen and oxygen atoms in total. The predicted octanol–water partition coefficient (Wildman–Crippen LogP) is 3.45. The van der Waals surface area contributed by atoms with Crippen LogP contribution in [0.2, 0.25) is 0 Å². The monoisotopic (exact) mass is 314 g/mol. The molecular formula is C19H26N2O2. The summed E-state index contributed by atoms with van der Waals surface area (Å²) in [4.78, 5) is 29.0. The number of carbonyl (C=O) groups is 1. The van der Waals surface area contributed by atoms with Crippen LogP contribution in [0.15, 0.2) is 29.1 Å². The van der Waals surface area contributed by atoms with E-state index in [2.05, 4.69) is 24.9 Å². The molecule has 4 heteroatoms. The highest BCUT2D eigenvalue weighted by atomic mass is 16.2. The number of amides is 1. The molecular weight excluding hydrogens is 288 g/mol. The van der Waals surface area contributed by atoms with E-state index in [9.17, 15) is 9.59 Å². The number of fused-ring (bicyclic) bond motifs is 1. The first kappa shape index (κ1) is 17.3. The van der Waals surface area contributed by atoms with Crippen molar-refractivity contribution in [3.05, 3.63) is 45.7 Å². The van der Waals surface area contributed by atoms with Crippen LogP contribution in [0.1, 0.15) is 51.2 Å². The lowest BCUT2D eigenvalue weighted by Gasteiger charge is -2.18. The molecule has 0 spiro atoms. The summed E-state index contributed by atoms with van der Waals surface area (Å²) in [5, 5.41) is 1.03. The van der Waals surface area contributed by atoms with Crippen LogP contribution in [0.5, 0.6) is 0 Å². The van der Waals surface area contributed by atoms with Crippen LogP contribution in [-0.2, 0) is 11.2 Å². The van der Waals surface area contributed by atoms with E-state index in [4.69, 9.17) is 0 Å². The zero-order valence-electron chi connectivity index (χ0n) is 14.5. The third kappa shape index (κ3) is 4.01. The molecule has 0 radical (unpaired) electrons. The van der Waals surface area contributed by atoms with E-state index in [-0.39, 0.29) is 11.5 Å². The molecule has 0 aliphatic carbocycles. The lowest BCUT2D eigenvalue weighted by Crippen LogP contribution is -2.31. The van der Waals surface area contributed by atoms with E-state index in [1.807, 2.05) is 32.0 Å². The first-order valence-electron chi connectivity index (χ1n) is 8.39. The van der Waals surface area contributed by atoms with Crippen LogP contribution >= 0.6 is 0 Å². The molecule has 1 aromatic carbocycles. The molecule has 0 saturated carbocycles. The minimum absolute atomic E-state index is 0.0952. The Labute approximate surface area is 137 Å². The molecule has 0 fully saturated rings. The average molecular weight is 314 g/mol. The molecule has 0 aliphatic rings. The quantitative estimate of drug-likeness (QED) is 0.888. The van der Waals surface area contributed by atoms with Crippen LogP contribution in [-0.4, -0.2) is 28.9 Å². The number of aromatic nitrogens is 1. The van der Waals surface area contributed by atoms with Crippen molar-refractivity contribution < 1.29 is 4.79 Å². The summed E-state index contributed by atoms with van der Waals surface area (Å²) >= 11 is 0. The Kier molecular flexibility index (Phi) is 5.59. The molecule has 2 aromatic rings. The zero-order chi connectivity index (χ0) is 17.0. The Balaban J connectivity index is 2.25. The van der Waals surface area contributed by atoms with Crippen molar-refractivity contribution in [3.63, 3.8) is 0 Å². The SMILES string of the molecule is CCN(CC)C(=O)CCc1cc2cc(C(C)C)ccc2[nH]c1=O. The summed E-state index contributed by atoms with van der Waals surface area (Å²) in [7, 11) is 0. The maximum absolute atomic E-state index is 12.2. The Morgan fingerprint density at radius 2 is 1.87 bits per heavy atom. The first-order chi connectivity index (χ1) is 11.0. The number of benzene rings is 1. The van der Waals surface area contributed by atoms with Crippen molar-refractivity contribution in [1.29, 1.82) is 0 Å². The molecule has 0 aliphatic heterocycles. The van der Waals surface area contributed by atoms with Crippen LogP contribution in [0.3, 0.4) is 0 Å². The molecule has 0 atom stereocenters. The summed E-state index contributed by atoms with van der Waals surface area (Å²) in [6.45, 7) is 9.66. The molecule has 0 unspecified atom stereocenters. The highest BCUT2D eigenvalue weighted by molar-refractivity contribution is 5.80. The largest absolute Gasteiger partial charge is 0.343 e. The van der Waals surface area contributed by atoms with Crippen molar-refractivity contribution in [3.8, 4) is 0 Å². The maximum atomic E-state index is 12.2. The van der Waals surface area contributed by atoms with Crippen molar-refractivity contribution in [1.82, 2.24) is 9.88 Å². The van der Waals surface area contributed by atoms with Gasteiger partial charge in [-0.3, -0.25) is 9.59 Å². The van der Waals surface area contributed by atoms with Gasteiger partial charge in [-0.2, -0.15) is 0 Å². The van der Waals surface area contributed by atoms with Crippen molar-refractivity contribution in [2.75, 3.05) is 13.1 Å². The van der Waals surface area contributed by atoms with Crippen LogP contribution in [0, 0.1) is 0 Å². The number of hydrogen-bond donors (Lipinski definition) is 1. The van der Waals surface area contributed by atoms with E-state index in [1.165, 1.54) is 5.56 Å². The molecule has 1 amide bonds. The van der Waals surface area contributed by atoms with Gasteiger partial charge in [-0.25, -0.2) is 0 Å². The second kappa shape index (κ2) is 7.44. The number of nitrogens with zero attached hydrogens (tertiary/aromatic N) is 1. The highest BCUT2D eigenvalue weighted by Gasteiger charge is 2.11. The van der Waals surface area contributed by atoms with E-state index >= 15 is 0 Å². The Bertz CT molecular complexity index is 743. The molecule has 0 saturated heterocycles. The predicted molar refractivity (Wildman–Crippen MR) is 94.9 cm³/mol. The van der Waals surface area contributed by atoms with Gasteiger partial charge in [0.15, 0.2) is 0 Å². The second-order valence-electron chi connectivity index (χ2n) is 6.19. The van der Waals surface area contributed by atoms with Crippen molar-refractivity contribution >= 4 is 16.8 Å². The number of rotatable bonds is 6. The number of aryl methyl sites for hydroxylation is 1. The number of carbonyl (C=O) groups excluding carboxylic acids is 1. The molecule has 124 valence electrons. The number of pyridine rings is 1. The minimum atomic E-state index is -0.0952. The van der Waals surface area contributed by atoms with Crippen molar-refractivity contribution in [2.24, 2.45) is 0 Å². The third-order valence-electron chi connectivity index (χ3n) is 4.34. The summed E-state index contributed by atoms with van der Waals surface area (Å²) in [6, 6.07) is 8.05. The van der Waals surface area contributed by atoms with E-state index < -0.39 is 0 Å². The lowest BCUT2D eigenvalue weighted by molar-refractivity contribution is -0.130. The molecule has 1 aromatic heterocycles. The summed E-state index contributed by atoms with van der Waals surface area (Å²) in [5.74, 6) is 0.546. The van der Waals surface area contributed by atoms with Crippen LogP contribution in [0.25, 0.3) is 10.9 Å². The number of nitrogens with one attached hydrogen (secondary N) is 1. The normalized spacial score (nSPS) is 11.2. The number of H-pyrrole nitrogens is 1. The zero-order valence-corrected chi connectivity index (χ0v) is 14.5. The molecule has 1 heterocycles. The number of aromatic amines is 1. The van der Waals surface area contributed by atoms with Crippen LogP contribution < -0.4 is 5.56 Å². The first-order valence-corrected chi connectivity index (χ1v) is 8.39. The third-order valence-corrected chi connectivity index (χ3v) is 4.34. The Hall–Kier alpha value is -2.10. The highest BCUT2D eigenvalue weighted by Crippen LogP contribution is 2.20. The summed E-state index contributed by atoms with van der Waals surface area (Å²) in [6.07, 6.45) is 0.854. The molecule has 2 rings (SSSR count). The maximum Gasteiger partial charge on any atom is 0.251 e. The standard InChI is InChI=1S/C19H26N2O2/c1-5-21(6-2)18(22)10-8-15-12-16-11-14(13(3)4)7-9-17(16)20-19(15)23/h7,9,11-13H,5-6,8,10H2,1-4H3,(H,20,23). The average Bonchev–Trinajstić information content (AvgIpc) is 2.53. The van der Waals surface area contributed by atoms with Gasteiger partial charge in [0.25, 0.3) is 5.56 Å². The fraction of sp³-hybridized carbons (Fsp3) is 0.474. The number of hydrogen-bond acceptors (Lipinski definition) is 2. The summed E-state index contributed by atoms with van der Waals surface area (Å²) in [5.41, 5.74) is 2.67. The second-order valence-corrected chi connectivity index (χ2v) is 6.19. The van der Waals surface area contributed by atoms with Gasteiger partial charge in [0.05, 0.1) is 0 Å². The van der Waals surface area contributed by atoms with Gasteiger partial charge in [-0.1, -0.05) is 19.9 Å². The van der Waals surface area contributed by atoms with E-state index in [0.29, 0.717) is 37.4 Å². The Morgan fingerprint density at radius 3 is 2.48 bits per heavy atom. The fourth-order valence-electron chi connectivity index (χ4n) is 2.79. The van der Waals surface area contributed by atoms with E-state index in [1.54, 1.807) is 4.90 Å². The van der Waals surface area contributed by atoms with Gasteiger partial charge in [0.2, 0.25) is 5.91 Å². The fourth-order valence-corrected chi connectivity index (χ4v) is 2.79. The lowest BCUT2D eigenvalue weighted by atomic mass is 10.00. The molecule has 23 heavy (non-hydrogen) atoms. The molecule has 1 N–H and O–H groups in total. The summed E-state index contributed by atoms with van der Waals surface area (Å²) < 4.78 is 0. The van der Waals surface area contributed by atoms with Gasteiger partial charge in [0.1, 0.15) is 0 Å². The van der Waals surface area contributed by atoms with Crippen LogP contribution in [0.4, 0.5) is 0 Å². The minimum Gasteiger partial charge on any atom is -0.343 e. The van der Waals surface area contributed by atoms with Gasteiger partial charge < -0.3 is 9.88 Å². The Morgan fingerprint density at radius 1 is 1.17 bits per heavy atom. The van der Waals surface area contributed by atoms with Gasteiger partial charge in [-0.05, 0) is 55.3 Å². The van der Waals surface area contributed by atoms with E-state index in [0.717, 1.165) is 10.9 Å². The molecule has 0 bridgehead atoms.